The van der Waals surface area contributed by atoms with Gasteiger partial charge in [-0.15, -0.1) is 0 Å². The number of benzene rings is 2. The Hall–Kier alpha value is -2.86. The van der Waals surface area contributed by atoms with Crippen molar-refractivity contribution in [2.75, 3.05) is 27.7 Å². The second-order valence-electron chi connectivity index (χ2n) is 8.71. The van der Waals surface area contributed by atoms with Crippen LogP contribution in [0.15, 0.2) is 48.5 Å². The molecule has 0 aliphatic heterocycles. The van der Waals surface area contributed by atoms with Crippen LogP contribution in [-0.2, 0) is 11.3 Å². The van der Waals surface area contributed by atoms with E-state index in [1.165, 1.54) is 6.42 Å². The van der Waals surface area contributed by atoms with Crippen LogP contribution >= 0.6 is 0 Å². The summed E-state index contributed by atoms with van der Waals surface area (Å²) in [7, 11) is 5.64. The summed E-state index contributed by atoms with van der Waals surface area (Å²) in [5.74, 6) is 1.01. The number of carbonyl (C=O) groups is 2. The van der Waals surface area contributed by atoms with E-state index in [-0.39, 0.29) is 23.8 Å². The first-order valence-electron chi connectivity index (χ1n) is 11.4. The van der Waals surface area contributed by atoms with E-state index in [0.717, 1.165) is 42.6 Å². The number of hydrogen-bond acceptors (Lipinski definition) is 4. The molecule has 32 heavy (non-hydrogen) atoms. The highest BCUT2D eigenvalue weighted by Gasteiger charge is 2.20. The average Bonchev–Trinajstić information content (AvgIpc) is 2.83. The van der Waals surface area contributed by atoms with Crippen LogP contribution < -0.4 is 15.4 Å². The van der Waals surface area contributed by atoms with Crippen LogP contribution in [0, 0.1) is 5.92 Å². The molecule has 1 saturated carbocycles. The van der Waals surface area contributed by atoms with Gasteiger partial charge in [-0.1, -0.05) is 43.5 Å². The summed E-state index contributed by atoms with van der Waals surface area (Å²) in [6, 6.07) is 15.4. The highest BCUT2D eigenvalue weighted by atomic mass is 16.5. The summed E-state index contributed by atoms with van der Waals surface area (Å²) in [6.45, 7) is 0.995. The third-order valence-corrected chi connectivity index (χ3v) is 6.24. The molecule has 1 unspecified atom stereocenters. The smallest absolute Gasteiger partial charge is 0.251 e. The number of nitrogens with zero attached hydrogens (tertiary/aromatic N) is 1. The lowest BCUT2D eigenvalue weighted by molar-refractivity contribution is -0.126. The van der Waals surface area contributed by atoms with Gasteiger partial charge in [0.1, 0.15) is 5.75 Å². The summed E-state index contributed by atoms with van der Waals surface area (Å²) in [6.07, 6.45) is 5.53. The normalized spacial score (nSPS) is 15.2. The zero-order chi connectivity index (χ0) is 22.9. The van der Waals surface area contributed by atoms with Crippen LogP contribution in [0.25, 0.3) is 0 Å². The first-order chi connectivity index (χ1) is 15.5. The zero-order valence-corrected chi connectivity index (χ0v) is 19.4. The lowest BCUT2D eigenvalue weighted by Gasteiger charge is -2.25. The largest absolute Gasteiger partial charge is 0.497 e. The molecule has 0 bridgehead atoms. The number of rotatable bonds is 9. The van der Waals surface area contributed by atoms with Gasteiger partial charge >= 0.3 is 0 Å². The fourth-order valence-corrected chi connectivity index (χ4v) is 4.19. The summed E-state index contributed by atoms with van der Waals surface area (Å²) in [5.41, 5.74) is 2.72. The molecule has 1 atom stereocenters. The molecule has 1 aliphatic carbocycles. The third kappa shape index (κ3) is 6.57. The second kappa shape index (κ2) is 11.7. The molecular formula is C26H35N3O3. The number of likely N-dealkylation sites (N-methyl/N-ethyl adjacent to an activating group) is 1. The van der Waals surface area contributed by atoms with E-state index in [9.17, 15) is 9.59 Å². The molecule has 2 amide bonds. The summed E-state index contributed by atoms with van der Waals surface area (Å²) < 4.78 is 5.23. The van der Waals surface area contributed by atoms with E-state index in [0.29, 0.717) is 18.7 Å². The highest BCUT2D eigenvalue weighted by molar-refractivity contribution is 5.94. The Kier molecular flexibility index (Phi) is 8.68. The van der Waals surface area contributed by atoms with Gasteiger partial charge in [0.15, 0.2) is 0 Å². The predicted octanol–water partition coefficient (Wildman–Crippen LogP) is 3.92. The topological polar surface area (TPSA) is 70.7 Å². The van der Waals surface area contributed by atoms with Crippen molar-refractivity contribution < 1.29 is 14.3 Å². The minimum atomic E-state index is -0.108. The highest BCUT2D eigenvalue weighted by Crippen LogP contribution is 2.24. The fourth-order valence-electron chi connectivity index (χ4n) is 4.19. The molecule has 172 valence electrons. The maximum atomic E-state index is 12.7. The van der Waals surface area contributed by atoms with E-state index in [1.807, 2.05) is 62.6 Å². The van der Waals surface area contributed by atoms with Gasteiger partial charge in [0.2, 0.25) is 5.91 Å². The molecule has 0 heterocycles. The van der Waals surface area contributed by atoms with Crippen LogP contribution in [0.1, 0.15) is 59.6 Å². The van der Waals surface area contributed by atoms with Crippen LogP contribution in [0.3, 0.4) is 0 Å². The standard InChI is InChI=1S/C26H35N3O3/c1-29(2)24(20-13-15-23(32-3)16-14-20)18-28-26(31)22-11-9-19(10-12-22)17-27-25(30)21-7-5-4-6-8-21/h9-16,21,24H,4-8,17-18H2,1-3H3,(H,27,30)(H,28,31). The van der Waals surface area contributed by atoms with Crippen LogP contribution in [0.2, 0.25) is 0 Å². The van der Waals surface area contributed by atoms with Gasteiger partial charge in [0.25, 0.3) is 5.91 Å². The van der Waals surface area contributed by atoms with Gasteiger partial charge in [-0.2, -0.15) is 0 Å². The Bertz CT molecular complexity index is 872. The van der Waals surface area contributed by atoms with Gasteiger partial charge in [-0.3, -0.25) is 9.59 Å². The van der Waals surface area contributed by atoms with E-state index in [4.69, 9.17) is 4.74 Å². The molecule has 3 rings (SSSR count). The monoisotopic (exact) mass is 437 g/mol. The summed E-state index contributed by atoms with van der Waals surface area (Å²) in [4.78, 5) is 27.1. The molecular weight excluding hydrogens is 402 g/mol. The van der Waals surface area contributed by atoms with Gasteiger partial charge < -0.3 is 20.3 Å². The van der Waals surface area contributed by atoms with Crippen molar-refractivity contribution in [3.8, 4) is 5.75 Å². The molecule has 1 aliphatic rings. The van der Waals surface area contributed by atoms with Crippen molar-refractivity contribution in [1.29, 1.82) is 0 Å². The SMILES string of the molecule is COc1ccc(C(CNC(=O)c2ccc(CNC(=O)C3CCCCC3)cc2)N(C)C)cc1. The van der Waals surface area contributed by atoms with Crippen LogP contribution in [-0.4, -0.2) is 44.5 Å². The van der Waals surface area contributed by atoms with Crippen molar-refractivity contribution >= 4 is 11.8 Å². The number of nitrogens with one attached hydrogen (secondary N) is 2. The van der Waals surface area contributed by atoms with Crippen LogP contribution in [0.4, 0.5) is 0 Å². The minimum absolute atomic E-state index is 0.0547. The van der Waals surface area contributed by atoms with Crippen molar-refractivity contribution in [3.05, 3.63) is 65.2 Å². The van der Waals surface area contributed by atoms with E-state index in [2.05, 4.69) is 15.5 Å². The number of hydrogen-bond donors (Lipinski definition) is 2. The Morgan fingerprint density at radius 3 is 2.22 bits per heavy atom. The first kappa shape index (κ1) is 23.8. The molecule has 0 saturated heterocycles. The molecule has 2 aromatic rings. The van der Waals surface area contributed by atoms with E-state index < -0.39 is 0 Å². The maximum Gasteiger partial charge on any atom is 0.251 e. The molecule has 6 nitrogen and oxygen atoms in total. The minimum Gasteiger partial charge on any atom is -0.497 e. The van der Waals surface area contributed by atoms with E-state index in [1.54, 1.807) is 7.11 Å². The molecule has 2 N–H and O–H groups in total. The Morgan fingerprint density at radius 1 is 0.969 bits per heavy atom. The van der Waals surface area contributed by atoms with Gasteiger partial charge in [0, 0.05) is 24.6 Å². The average molecular weight is 438 g/mol. The Labute approximate surface area is 191 Å². The zero-order valence-electron chi connectivity index (χ0n) is 19.4. The van der Waals surface area contributed by atoms with Gasteiger partial charge in [0.05, 0.1) is 13.2 Å². The van der Waals surface area contributed by atoms with Crippen LogP contribution in [0.5, 0.6) is 5.75 Å². The van der Waals surface area contributed by atoms with Crippen molar-refractivity contribution in [2.45, 2.75) is 44.7 Å². The maximum absolute atomic E-state index is 12.7. The number of amides is 2. The fraction of sp³-hybridized carbons (Fsp3) is 0.462. The second-order valence-corrected chi connectivity index (χ2v) is 8.71. The number of carbonyl (C=O) groups excluding carboxylic acids is 2. The summed E-state index contributed by atoms with van der Waals surface area (Å²) in [5, 5.41) is 6.08. The lowest BCUT2D eigenvalue weighted by Crippen LogP contribution is -2.34. The molecule has 2 aromatic carbocycles. The van der Waals surface area contributed by atoms with Gasteiger partial charge in [-0.25, -0.2) is 0 Å². The van der Waals surface area contributed by atoms with Crippen molar-refractivity contribution in [1.82, 2.24) is 15.5 Å². The summed E-state index contributed by atoms with van der Waals surface area (Å²) >= 11 is 0. The molecule has 0 aromatic heterocycles. The van der Waals surface area contributed by atoms with E-state index >= 15 is 0 Å². The molecule has 0 radical (unpaired) electrons. The third-order valence-electron chi connectivity index (χ3n) is 6.24. The molecule has 0 spiro atoms. The predicted molar refractivity (Wildman–Crippen MR) is 127 cm³/mol. The lowest BCUT2D eigenvalue weighted by atomic mass is 9.88. The Morgan fingerprint density at radius 2 is 1.62 bits per heavy atom. The Balaban J connectivity index is 1.51. The molecule has 6 heteroatoms. The molecule has 1 fully saturated rings. The van der Waals surface area contributed by atoms with Gasteiger partial charge in [-0.05, 0) is 62.3 Å². The number of methoxy groups -OCH3 is 1. The van der Waals surface area contributed by atoms with Crippen molar-refractivity contribution in [3.63, 3.8) is 0 Å². The number of ether oxygens (including phenoxy) is 1. The quantitative estimate of drug-likeness (QED) is 0.624. The van der Waals surface area contributed by atoms with Crippen molar-refractivity contribution in [2.24, 2.45) is 5.92 Å². The first-order valence-corrected chi connectivity index (χ1v) is 11.4.